The van der Waals surface area contributed by atoms with Gasteiger partial charge in [0.1, 0.15) is 5.54 Å². The summed E-state index contributed by atoms with van der Waals surface area (Å²) in [7, 11) is 0. The minimum Gasteiger partial charge on any atom is -0.480 e. The number of hydrogen-bond donors (Lipinski definition) is 2. The normalized spacial score (nSPS) is 14.2. The fraction of sp³-hybridized carbons (Fsp3) is 0.500. The number of nitrogens with two attached hydrogens (primary N) is 1. The number of aliphatic carboxylic acids is 1. The molecule has 0 saturated heterocycles. The second-order valence-corrected chi connectivity index (χ2v) is 4.55. The number of carboxylic acid groups (broad SMARTS) is 1. The first-order valence-corrected chi connectivity index (χ1v) is 6.14. The highest BCUT2D eigenvalue weighted by atomic mass is 16.4. The molecule has 94 valence electrons. The smallest absolute Gasteiger partial charge is 0.323 e. The van der Waals surface area contributed by atoms with Crippen LogP contribution < -0.4 is 5.73 Å². The van der Waals surface area contributed by atoms with Crippen LogP contribution in [0.25, 0.3) is 0 Å². The molecular formula is C14H21NO2. The summed E-state index contributed by atoms with van der Waals surface area (Å²) in [6.07, 6.45) is 3.58. The van der Waals surface area contributed by atoms with E-state index in [1.807, 2.05) is 37.3 Å². The van der Waals surface area contributed by atoms with Crippen molar-refractivity contribution < 1.29 is 9.90 Å². The summed E-state index contributed by atoms with van der Waals surface area (Å²) in [5.74, 6) is -0.887. The van der Waals surface area contributed by atoms with Gasteiger partial charge in [-0.3, -0.25) is 4.79 Å². The summed E-state index contributed by atoms with van der Waals surface area (Å²) in [5, 5.41) is 9.21. The van der Waals surface area contributed by atoms with Crippen LogP contribution in [0, 0.1) is 0 Å². The molecule has 0 radical (unpaired) electrons. The number of aryl methyl sites for hydroxylation is 1. The number of carbonyl (C=O) groups is 1. The van der Waals surface area contributed by atoms with Gasteiger partial charge in [0.15, 0.2) is 0 Å². The van der Waals surface area contributed by atoms with Crippen molar-refractivity contribution >= 4 is 5.97 Å². The van der Waals surface area contributed by atoms with Crippen LogP contribution in [0.4, 0.5) is 0 Å². The summed E-state index contributed by atoms with van der Waals surface area (Å²) >= 11 is 0. The van der Waals surface area contributed by atoms with Gasteiger partial charge in [0.25, 0.3) is 0 Å². The standard InChI is InChI=1S/C14H21NO2/c1-2-3-10-14(15,13(16)17)11-9-12-7-5-4-6-8-12/h4-8H,2-3,9-11,15H2,1H3,(H,16,17)/t14-/m0/s1. The first-order valence-electron chi connectivity index (χ1n) is 6.14. The molecule has 17 heavy (non-hydrogen) atoms. The van der Waals surface area contributed by atoms with Gasteiger partial charge in [-0.2, -0.15) is 0 Å². The van der Waals surface area contributed by atoms with Gasteiger partial charge >= 0.3 is 5.97 Å². The van der Waals surface area contributed by atoms with Gasteiger partial charge in [0.05, 0.1) is 0 Å². The summed E-state index contributed by atoms with van der Waals surface area (Å²) in [5.41, 5.74) is 6.04. The van der Waals surface area contributed by atoms with E-state index in [2.05, 4.69) is 0 Å². The Kier molecular flexibility index (Phi) is 5.16. The maximum Gasteiger partial charge on any atom is 0.323 e. The Morgan fingerprint density at radius 3 is 2.47 bits per heavy atom. The van der Waals surface area contributed by atoms with Crippen LogP contribution in [-0.4, -0.2) is 16.6 Å². The maximum atomic E-state index is 11.2. The molecule has 0 aliphatic carbocycles. The fourth-order valence-corrected chi connectivity index (χ4v) is 1.84. The lowest BCUT2D eigenvalue weighted by Gasteiger charge is -2.24. The molecule has 0 aliphatic heterocycles. The lowest BCUT2D eigenvalue weighted by Crippen LogP contribution is -2.48. The quantitative estimate of drug-likeness (QED) is 0.763. The molecule has 0 aromatic heterocycles. The zero-order valence-electron chi connectivity index (χ0n) is 10.4. The molecule has 1 aromatic carbocycles. The Labute approximate surface area is 103 Å². The predicted molar refractivity (Wildman–Crippen MR) is 68.8 cm³/mol. The Morgan fingerprint density at radius 1 is 1.29 bits per heavy atom. The van der Waals surface area contributed by atoms with Crippen molar-refractivity contribution in [3.8, 4) is 0 Å². The number of benzene rings is 1. The van der Waals surface area contributed by atoms with Crippen LogP contribution in [0.3, 0.4) is 0 Å². The van der Waals surface area contributed by atoms with Gasteiger partial charge in [-0.05, 0) is 24.8 Å². The van der Waals surface area contributed by atoms with Crippen LogP contribution in [0.1, 0.15) is 38.2 Å². The van der Waals surface area contributed by atoms with Crippen molar-refractivity contribution in [2.75, 3.05) is 0 Å². The van der Waals surface area contributed by atoms with E-state index in [4.69, 9.17) is 5.73 Å². The molecule has 0 bridgehead atoms. The number of unbranched alkanes of at least 4 members (excludes halogenated alkanes) is 1. The average molecular weight is 235 g/mol. The Morgan fingerprint density at radius 2 is 1.94 bits per heavy atom. The van der Waals surface area contributed by atoms with E-state index in [0.717, 1.165) is 18.4 Å². The predicted octanol–water partition coefficient (Wildman–Crippen LogP) is 2.59. The van der Waals surface area contributed by atoms with Gasteiger partial charge in [0, 0.05) is 0 Å². The lowest BCUT2D eigenvalue weighted by molar-refractivity contribution is -0.144. The van der Waals surface area contributed by atoms with Crippen LogP contribution in [0.5, 0.6) is 0 Å². The van der Waals surface area contributed by atoms with E-state index in [9.17, 15) is 9.90 Å². The molecule has 0 unspecified atom stereocenters. The number of carboxylic acids is 1. The monoisotopic (exact) mass is 235 g/mol. The molecule has 0 saturated carbocycles. The minimum atomic E-state index is -1.08. The Bertz CT molecular complexity index is 350. The summed E-state index contributed by atoms with van der Waals surface area (Å²) in [6, 6.07) is 9.87. The van der Waals surface area contributed by atoms with Crippen molar-refractivity contribution in [1.82, 2.24) is 0 Å². The largest absolute Gasteiger partial charge is 0.480 e. The van der Waals surface area contributed by atoms with Gasteiger partial charge < -0.3 is 10.8 Å². The average Bonchev–Trinajstić information content (AvgIpc) is 2.35. The van der Waals surface area contributed by atoms with E-state index in [0.29, 0.717) is 19.3 Å². The van der Waals surface area contributed by atoms with Crippen molar-refractivity contribution in [2.24, 2.45) is 5.73 Å². The molecule has 3 nitrogen and oxygen atoms in total. The van der Waals surface area contributed by atoms with Gasteiger partial charge in [-0.1, -0.05) is 50.1 Å². The molecule has 1 atom stereocenters. The summed E-state index contributed by atoms with van der Waals surface area (Å²) < 4.78 is 0. The van der Waals surface area contributed by atoms with Crippen molar-refractivity contribution in [2.45, 2.75) is 44.6 Å². The maximum absolute atomic E-state index is 11.2. The van der Waals surface area contributed by atoms with E-state index < -0.39 is 11.5 Å². The highest BCUT2D eigenvalue weighted by Crippen LogP contribution is 2.19. The van der Waals surface area contributed by atoms with Crippen LogP contribution >= 0.6 is 0 Å². The number of rotatable bonds is 7. The second-order valence-electron chi connectivity index (χ2n) is 4.55. The molecule has 0 spiro atoms. The highest BCUT2D eigenvalue weighted by molar-refractivity contribution is 5.78. The van der Waals surface area contributed by atoms with Gasteiger partial charge in [-0.15, -0.1) is 0 Å². The first kappa shape index (κ1) is 13.7. The third kappa shape index (κ3) is 4.19. The SMILES string of the molecule is CCCC[C@](N)(CCc1ccccc1)C(=O)O. The zero-order chi connectivity index (χ0) is 12.7. The molecule has 0 heterocycles. The second kappa shape index (κ2) is 6.40. The lowest BCUT2D eigenvalue weighted by atomic mass is 9.87. The van der Waals surface area contributed by atoms with Crippen LogP contribution in [0.15, 0.2) is 30.3 Å². The van der Waals surface area contributed by atoms with Crippen molar-refractivity contribution in [1.29, 1.82) is 0 Å². The zero-order valence-corrected chi connectivity index (χ0v) is 10.4. The highest BCUT2D eigenvalue weighted by Gasteiger charge is 2.32. The van der Waals surface area contributed by atoms with E-state index in [1.165, 1.54) is 0 Å². The third-order valence-electron chi connectivity index (χ3n) is 3.10. The first-order chi connectivity index (χ1) is 8.08. The Balaban J connectivity index is 2.58. The molecule has 0 fully saturated rings. The topological polar surface area (TPSA) is 63.3 Å². The van der Waals surface area contributed by atoms with E-state index >= 15 is 0 Å². The van der Waals surface area contributed by atoms with Gasteiger partial charge in [0.2, 0.25) is 0 Å². The third-order valence-corrected chi connectivity index (χ3v) is 3.10. The van der Waals surface area contributed by atoms with Crippen LogP contribution in [0.2, 0.25) is 0 Å². The molecule has 0 aliphatic rings. The van der Waals surface area contributed by atoms with Crippen LogP contribution in [-0.2, 0) is 11.2 Å². The molecule has 1 aromatic rings. The molecule has 3 N–H and O–H groups in total. The molecule has 1 rings (SSSR count). The molecular weight excluding hydrogens is 214 g/mol. The van der Waals surface area contributed by atoms with E-state index in [-0.39, 0.29) is 0 Å². The van der Waals surface area contributed by atoms with Gasteiger partial charge in [-0.25, -0.2) is 0 Å². The molecule has 3 heteroatoms. The fourth-order valence-electron chi connectivity index (χ4n) is 1.84. The van der Waals surface area contributed by atoms with Crippen molar-refractivity contribution in [3.05, 3.63) is 35.9 Å². The molecule has 0 amide bonds. The summed E-state index contributed by atoms with van der Waals surface area (Å²) in [6.45, 7) is 2.04. The minimum absolute atomic E-state index is 0.492. The Hall–Kier alpha value is -1.35. The van der Waals surface area contributed by atoms with Crippen molar-refractivity contribution in [3.63, 3.8) is 0 Å². The number of hydrogen-bond acceptors (Lipinski definition) is 2. The summed E-state index contributed by atoms with van der Waals surface area (Å²) in [4.78, 5) is 11.2. The van der Waals surface area contributed by atoms with E-state index in [1.54, 1.807) is 0 Å².